The number of nitrogens with zero attached hydrogens (tertiary/aromatic N) is 3. The van der Waals surface area contributed by atoms with Gasteiger partial charge in [0.25, 0.3) is 5.91 Å². The van der Waals surface area contributed by atoms with Crippen molar-refractivity contribution in [2.75, 3.05) is 13.6 Å². The molecule has 1 unspecified atom stereocenters. The number of para-hydroxylation sites is 1. The zero-order chi connectivity index (χ0) is 18.8. The number of likely N-dealkylation sites (N-methyl/N-ethyl adjacent to an activating group) is 1. The van der Waals surface area contributed by atoms with Gasteiger partial charge in [-0.2, -0.15) is 5.10 Å². The Labute approximate surface area is 163 Å². The van der Waals surface area contributed by atoms with Crippen LogP contribution in [0.5, 0.6) is 0 Å². The van der Waals surface area contributed by atoms with Crippen LogP contribution in [0.4, 0.5) is 0 Å². The van der Waals surface area contributed by atoms with Gasteiger partial charge in [-0.05, 0) is 50.4 Å². The number of hydrogen-bond acceptors (Lipinski definition) is 4. The second kappa shape index (κ2) is 7.66. The van der Waals surface area contributed by atoms with E-state index in [0.29, 0.717) is 24.2 Å². The van der Waals surface area contributed by atoms with E-state index in [9.17, 15) is 4.79 Å². The summed E-state index contributed by atoms with van der Waals surface area (Å²) in [5.74, 6) is -0.0726. The normalized spacial score (nSPS) is 15.1. The number of thiophene rings is 1. The average molecular weight is 381 g/mol. The number of aromatic nitrogens is 2. The maximum atomic E-state index is 12.9. The second-order valence-electron chi connectivity index (χ2n) is 7.10. The molecule has 0 aliphatic heterocycles. The van der Waals surface area contributed by atoms with E-state index in [1.165, 1.54) is 12.8 Å². The molecule has 0 spiro atoms. The van der Waals surface area contributed by atoms with Gasteiger partial charge in [0.05, 0.1) is 16.1 Å². The number of carbonyl (C=O) groups is 1. The Morgan fingerprint density at radius 2 is 2.07 bits per heavy atom. The minimum atomic E-state index is -0.0726. The van der Waals surface area contributed by atoms with Gasteiger partial charge >= 0.3 is 0 Å². The van der Waals surface area contributed by atoms with Crippen LogP contribution in [0.25, 0.3) is 16.3 Å². The molecule has 0 saturated heterocycles. The summed E-state index contributed by atoms with van der Waals surface area (Å²) in [6.07, 6.45) is 4.36. The SMILES string of the molecule is CC(CNC(=O)c1cn(-c2ccccc2)nc1-c1cccs1)N(C)C1CC1. The summed E-state index contributed by atoms with van der Waals surface area (Å²) in [5, 5.41) is 9.81. The number of benzene rings is 1. The molecular weight excluding hydrogens is 356 g/mol. The Morgan fingerprint density at radius 1 is 1.30 bits per heavy atom. The monoisotopic (exact) mass is 380 g/mol. The molecule has 1 saturated carbocycles. The largest absolute Gasteiger partial charge is 0.350 e. The van der Waals surface area contributed by atoms with Gasteiger partial charge in [0.1, 0.15) is 5.69 Å². The lowest BCUT2D eigenvalue weighted by Crippen LogP contribution is -2.41. The summed E-state index contributed by atoms with van der Waals surface area (Å²) >= 11 is 1.59. The van der Waals surface area contributed by atoms with Crippen LogP contribution < -0.4 is 5.32 Å². The van der Waals surface area contributed by atoms with E-state index < -0.39 is 0 Å². The highest BCUT2D eigenvalue weighted by Crippen LogP contribution is 2.28. The van der Waals surface area contributed by atoms with E-state index in [1.807, 2.05) is 54.0 Å². The molecule has 1 aliphatic rings. The third-order valence-corrected chi connectivity index (χ3v) is 5.99. The molecule has 0 bridgehead atoms. The van der Waals surface area contributed by atoms with Crippen LogP contribution >= 0.6 is 11.3 Å². The quantitative estimate of drug-likeness (QED) is 0.678. The molecular formula is C21H24N4OS. The van der Waals surface area contributed by atoms with Crippen molar-refractivity contribution in [3.8, 4) is 16.3 Å². The summed E-state index contributed by atoms with van der Waals surface area (Å²) in [7, 11) is 2.14. The van der Waals surface area contributed by atoms with Crippen LogP contribution in [0.15, 0.2) is 54.0 Å². The van der Waals surface area contributed by atoms with Crippen LogP contribution in [0.1, 0.15) is 30.1 Å². The molecule has 4 rings (SSSR count). The van der Waals surface area contributed by atoms with Crippen molar-refractivity contribution in [3.05, 3.63) is 59.6 Å². The third kappa shape index (κ3) is 3.96. The maximum Gasteiger partial charge on any atom is 0.255 e. The predicted octanol–water partition coefficient (Wildman–Crippen LogP) is 3.81. The first kappa shape index (κ1) is 17.9. The zero-order valence-corrected chi connectivity index (χ0v) is 16.4. The summed E-state index contributed by atoms with van der Waals surface area (Å²) in [6, 6.07) is 14.9. The van der Waals surface area contributed by atoms with Gasteiger partial charge in [0.2, 0.25) is 0 Å². The van der Waals surface area contributed by atoms with Gasteiger partial charge in [0, 0.05) is 24.8 Å². The Balaban J connectivity index is 1.56. The van der Waals surface area contributed by atoms with Crippen LogP contribution in [-0.2, 0) is 0 Å². The van der Waals surface area contributed by atoms with Crippen molar-refractivity contribution in [2.24, 2.45) is 0 Å². The minimum Gasteiger partial charge on any atom is -0.350 e. The summed E-state index contributed by atoms with van der Waals surface area (Å²) in [6.45, 7) is 2.79. The van der Waals surface area contributed by atoms with Gasteiger partial charge in [-0.1, -0.05) is 24.3 Å². The van der Waals surface area contributed by atoms with Gasteiger partial charge in [-0.3, -0.25) is 9.69 Å². The molecule has 1 N–H and O–H groups in total. The van der Waals surface area contributed by atoms with E-state index in [2.05, 4.69) is 24.2 Å². The fourth-order valence-corrected chi connectivity index (χ4v) is 3.89. The predicted molar refractivity (Wildman–Crippen MR) is 109 cm³/mol. The Bertz CT molecular complexity index is 900. The van der Waals surface area contributed by atoms with Gasteiger partial charge < -0.3 is 5.32 Å². The zero-order valence-electron chi connectivity index (χ0n) is 15.6. The Hall–Kier alpha value is -2.44. The molecule has 3 aromatic rings. The number of amides is 1. The lowest BCUT2D eigenvalue weighted by Gasteiger charge is -2.24. The second-order valence-corrected chi connectivity index (χ2v) is 8.05. The molecule has 2 aromatic heterocycles. The van der Waals surface area contributed by atoms with Crippen molar-refractivity contribution in [1.29, 1.82) is 0 Å². The van der Waals surface area contributed by atoms with Crippen LogP contribution in [0.2, 0.25) is 0 Å². The molecule has 140 valence electrons. The van der Waals surface area contributed by atoms with Gasteiger partial charge in [0.15, 0.2) is 0 Å². The first-order chi connectivity index (χ1) is 13.1. The van der Waals surface area contributed by atoms with E-state index >= 15 is 0 Å². The topological polar surface area (TPSA) is 50.2 Å². The van der Waals surface area contributed by atoms with Crippen LogP contribution in [0, 0.1) is 0 Å². The smallest absolute Gasteiger partial charge is 0.255 e. The Kier molecular flexibility index (Phi) is 5.09. The fourth-order valence-electron chi connectivity index (χ4n) is 3.17. The van der Waals surface area contributed by atoms with Crippen molar-refractivity contribution in [2.45, 2.75) is 31.8 Å². The standard InChI is InChI=1S/C21H24N4OS/c1-15(24(2)16-10-11-16)13-22-21(26)18-14-25(17-7-4-3-5-8-17)23-20(18)19-9-6-12-27-19/h3-9,12,14-16H,10-11,13H2,1-2H3,(H,22,26). The molecule has 1 aliphatic carbocycles. The average Bonchev–Trinajstić information content (AvgIpc) is 3.22. The van der Waals surface area contributed by atoms with E-state index in [1.54, 1.807) is 16.0 Å². The minimum absolute atomic E-state index is 0.0726. The van der Waals surface area contributed by atoms with E-state index in [-0.39, 0.29) is 5.91 Å². The molecule has 1 amide bonds. The molecule has 5 nitrogen and oxygen atoms in total. The number of nitrogens with one attached hydrogen (secondary N) is 1. The number of carbonyl (C=O) groups excluding carboxylic acids is 1. The van der Waals surface area contributed by atoms with Gasteiger partial charge in [-0.25, -0.2) is 4.68 Å². The highest BCUT2D eigenvalue weighted by Gasteiger charge is 2.29. The lowest BCUT2D eigenvalue weighted by atomic mass is 10.2. The molecule has 6 heteroatoms. The highest BCUT2D eigenvalue weighted by atomic mass is 32.1. The molecule has 1 fully saturated rings. The number of rotatable bonds is 7. The molecule has 0 radical (unpaired) electrons. The third-order valence-electron chi connectivity index (χ3n) is 5.11. The molecule has 2 heterocycles. The van der Waals surface area contributed by atoms with Crippen molar-refractivity contribution in [1.82, 2.24) is 20.0 Å². The first-order valence-corrected chi connectivity index (χ1v) is 10.2. The van der Waals surface area contributed by atoms with Crippen molar-refractivity contribution in [3.63, 3.8) is 0 Å². The van der Waals surface area contributed by atoms with E-state index in [0.717, 1.165) is 16.3 Å². The summed E-state index contributed by atoms with van der Waals surface area (Å²) in [4.78, 5) is 16.3. The van der Waals surface area contributed by atoms with Crippen LogP contribution in [0.3, 0.4) is 0 Å². The molecule has 1 aromatic carbocycles. The first-order valence-electron chi connectivity index (χ1n) is 9.32. The molecule has 27 heavy (non-hydrogen) atoms. The van der Waals surface area contributed by atoms with E-state index in [4.69, 9.17) is 5.10 Å². The Morgan fingerprint density at radius 3 is 2.74 bits per heavy atom. The van der Waals surface area contributed by atoms with Crippen molar-refractivity contribution >= 4 is 17.2 Å². The maximum absolute atomic E-state index is 12.9. The molecule has 1 atom stereocenters. The van der Waals surface area contributed by atoms with Crippen LogP contribution in [-0.4, -0.2) is 46.3 Å². The summed E-state index contributed by atoms with van der Waals surface area (Å²) < 4.78 is 1.78. The highest BCUT2D eigenvalue weighted by molar-refractivity contribution is 7.13. The van der Waals surface area contributed by atoms with Gasteiger partial charge in [-0.15, -0.1) is 11.3 Å². The van der Waals surface area contributed by atoms with Crippen molar-refractivity contribution < 1.29 is 4.79 Å². The summed E-state index contributed by atoms with van der Waals surface area (Å²) in [5.41, 5.74) is 2.29. The fraction of sp³-hybridized carbons (Fsp3) is 0.333. The lowest BCUT2D eigenvalue weighted by molar-refractivity contribution is 0.0940. The number of hydrogen-bond donors (Lipinski definition) is 1.